The number of anilines is 2. The molecule has 0 saturated heterocycles. The van der Waals surface area contributed by atoms with Crippen LogP contribution in [0.4, 0.5) is 11.4 Å². The summed E-state index contributed by atoms with van der Waals surface area (Å²) in [6.45, 7) is 6.72. The molecular formula is C23H26N4O3. The van der Waals surface area contributed by atoms with Gasteiger partial charge in [-0.15, -0.1) is 0 Å². The van der Waals surface area contributed by atoms with Crippen LogP contribution in [0.3, 0.4) is 0 Å². The first-order chi connectivity index (χ1) is 14.7. The number of carbonyl (C=O) groups is 1. The smallest absolute Gasteiger partial charge is 0.227 e. The number of amides is 1. The van der Waals surface area contributed by atoms with Crippen molar-refractivity contribution in [1.29, 1.82) is 0 Å². The topological polar surface area (TPSA) is 80.5 Å². The molecule has 1 aliphatic heterocycles. The summed E-state index contributed by atoms with van der Waals surface area (Å²) in [5, 5.41) is 6.99. The van der Waals surface area contributed by atoms with Gasteiger partial charge < -0.3 is 19.5 Å². The Morgan fingerprint density at radius 3 is 2.80 bits per heavy atom. The number of nitrogens with zero attached hydrogens (tertiary/aromatic N) is 3. The SMILES string of the molecule is CCOc1ccc(-c2noc(CCC(=O)Nc3ccc4c(c3)N(CC)CC4)n2)cc1. The van der Waals surface area contributed by atoms with Crippen LogP contribution in [0.15, 0.2) is 47.0 Å². The van der Waals surface area contributed by atoms with Crippen LogP contribution in [0, 0.1) is 0 Å². The second kappa shape index (κ2) is 8.98. The van der Waals surface area contributed by atoms with Crippen LogP contribution in [0.5, 0.6) is 5.75 Å². The highest BCUT2D eigenvalue weighted by Crippen LogP contribution is 2.30. The molecule has 30 heavy (non-hydrogen) atoms. The third-order valence-electron chi connectivity index (χ3n) is 5.20. The summed E-state index contributed by atoms with van der Waals surface area (Å²) in [5.41, 5.74) is 4.21. The third-order valence-corrected chi connectivity index (χ3v) is 5.20. The van der Waals surface area contributed by atoms with E-state index >= 15 is 0 Å². The Kier molecular flexibility index (Phi) is 5.97. The van der Waals surface area contributed by atoms with Gasteiger partial charge in [0.15, 0.2) is 0 Å². The van der Waals surface area contributed by atoms with Crippen LogP contribution in [0.1, 0.15) is 31.7 Å². The minimum atomic E-state index is -0.0724. The fraction of sp³-hybridized carbons (Fsp3) is 0.348. The van der Waals surface area contributed by atoms with E-state index in [-0.39, 0.29) is 12.3 Å². The molecule has 1 aromatic heterocycles. The van der Waals surface area contributed by atoms with Crippen molar-refractivity contribution in [3.8, 4) is 17.1 Å². The predicted octanol–water partition coefficient (Wildman–Crippen LogP) is 4.09. The molecule has 2 aromatic carbocycles. The van der Waals surface area contributed by atoms with E-state index < -0.39 is 0 Å². The van der Waals surface area contributed by atoms with Gasteiger partial charge in [-0.05, 0) is 62.2 Å². The lowest BCUT2D eigenvalue weighted by molar-refractivity contribution is -0.116. The summed E-state index contributed by atoms with van der Waals surface area (Å²) >= 11 is 0. The first kappa shape index (κ1) is 19.9. The second-order valence-electron chi connectivity index (χ2n) is 7.19. The summed E-state index contributed by atoms with van der Waals surface area (Å²) in [7, 11) is 0. The average Bonchev–Trinajstić information content (AvgIpc) is 3.40. The normalized spacial score (nSPS) is 12.7. The Bertz CT molecular complexity index is 1010. The van der Waals surface area contributed by atoms with Crippen molar-refractivity contribution < 1.29 is 14.1 Å². The Labute approximate surface area is 176 Å². The van der Waals surface area contributed by atoms with E-state index in [1.54, 1.807) is 0 Å². The maximum absolute atomic E-state index is 12.4. The number of ether oxygens (including phenoxy) is 1. The number of aromatic nitrogens is 2. The van der Waals surface area contributed by atoms with Gasteiger partial charge in [0.25, 0.3) is 0 Å². The summed E-state index contributed by atoms with van der Waals surface area (Å²) in [6.07, 6.45) is 1.73. The molecule has 1 aliphatic rings. The standard InChI is InChI=1S/C23H26N4O3/c1-3-27-14-13-16-5-8-18(15-20(16)27)24-21(28)11-12-22-25-23(26-30-22)17-6-9-19(10-7-17)29-4-2/h5-10,15H,3-4,11-14H2,1-2H3,(H,24,28). The summed E-state index contributed by atoms with van der Waals surface area (Å²) in [6, 6.07) is 13.6. The molecule has 156 valence electrons. The fourth-order valence-electron chi connectivity index (χ4n) is 3.64. The Morgan fingerprint density at radius 1 is 1.20 bits per heavy atom. The zero-order chi connectivity index (χ0) is 20.9. The molecule has 4 rings (SSSR count). The molecule has 0 aliphatic carbocycles. The molecular weight excluding hydrogens is 380 g/mol. The number of carbonyl (C=O) groups excluding carboxylic acids is 1. The van der Waals surface area contributed by atoms with Crippen molar-refractivity contribution >= 4 is 17.3 Å². The molecule has 0 spiro atoms. The van der Waals surface area contributed by atoms with Gasteiger partial charge in [-0.1, -0.05) is 11.2 Å². The molecule has 0 saturated carbocycles. The first-order valence-corrected chi connectivity index (χ1v) is 10.4. The van der Waals surface area contributed by atoms with E-state index in [1.807, 2.05) is 37.3 Å². The van der Waals surface area contributed by atoms with Crippen molar-refractivity contribution in [3.63, 3.8) is 0 Å². The molecule has 0 unspecified atom stereocenters. The molecule has 3 aromatic rings. The molecule has 0 atom stereocenters. The Balaban J connectivity index is 1.33. The van der Waals surface area contributed by atoms with Gasteiger partial charge in [0.05, 0.1) is 6.61 Å². The molecule has 0 bridgehead atoms. The van der Waals surface area contributed by atoms with Crippen molar-refractivity contribution in [2.45, 2.75) is 33.1 Å². The second-order valence-corrected chi connectivity index (χ2v) is 7.19. The van der Waals surface area contributed by atoms with E-state index in [9.17, 15) is 4.79 Å². The van der Waals surface area contributed by atoms with E-state index in [0.717, 1.165) is 36.5 Å². The molecule has 2 heterocycles. The highest BCUT2D eigenvalue weighted by Gasteiger charge is 2.18. The van der Waals surface area contributed by atoms with Crippen molar-refractivity contribution in [2.24, 2.45) is 0 Å². The maximum Gasteiger partial charge on any atom is 0.227 e. The number of rotatable bonds is 8. The quantitative estimate of drug-likeness (QED) is 0.607. The third kappa shape index (κ3) is 4.45. The van der Waals surface area contributed by atoms with E-state index in [1.165, 1.54) is 11.3 Å². The van der Waals surface area contributed by atoms with Crippen molar-refractivity contribution in [3.05, 3.63) is 53.9 Å². The first-order valence-electron chi connectivity index (χ1n) is 10.4. The van der Waals surface area contributed by atoms with Gasteiger partial charge in [0, 0.05) is 42.9 Å². The monoisotopic (exact) mass is 406 g/mol. The van der Waals surface area contributed by atoms with Crippen LogP contribution in [-0.4, -0.2) is 35.7 Å². The fourth-order valence-corrected chi connectivity index (χ4v) is 3.64. The van der Waals surface area contributed by atoms with Gasteiger partial charge in [0.2, 0.25) is 17.6 Å². The van der Waals surface area contributed by atoms with Crippen molar-refractivity contribution in [2.75, 3.05) is 29.9 Å². The summed E-state index contributed by atoms with van der Waals surface area (Å²) < 4.78 is 10.7. The van der Waals surface area contributed by atoms with E-state index in [2.05, 4.69) is 39.4 Å². The number of fused-ring (bicyclic) bond motifs is 1. The zero-order valence-electron chi connectivity index (χ0n) is 17.4. The molecule has 0 radical (unpaired) electrons. The Morgan fingerprint density at radius 2 is 2.03 bits per heavy atom. The lowest BCUT2D eigenvalue weighted by Crippen LogP contribution is -2.19. The highest BCUT2D eigenvalue weighted by atomic mass is 16.5. The predicted molar refractivity (Wildman–Crippen MR) is 116 cm³/mol. The lowest BCUT2D eigenvalue weighted by Gasteiger charge is -2.17. The molecule has 1 N–H and O–H groups in total. The zero-order valence-corrected chi connectivity index (χ0v) is 17.4. The summed E-state index contributed by atoms with van der Waals surface area (Å²) in [4.78, 5) is 19.1. The van der Waals surface area contributed by atoms with Gasteiger partial charge >= 0.3 is 0 Å². The number of likely N-dealkylation sites (N-methyl/N-ethyl adjacent to an activating group) is 1. The average molecular weight is 406 g/mol. The largest absolute Gasteiger partial charge is 0.494 e. The number of aryl methyl sites for hydroxylation is 1. The lowest BCUT2D eigenvalue weighted by atomic mass is 10.1. The number of benzene rings is 2. The molecule has 7 heteroatoms. The van der Waals surface area contributed by atoms with Crippen LogP contribution < -0.4 is 15.0 Å². The number of hydrogen-bond donors (Lipinski definition) is 1. The maximum atomic E-state index is 12.4. The highest BCUT2D eigenvalue weighted by molar-refractivity contribution is 5.91. The number of nitrogens with one attached hydrogen (secondary N) is 1. The van der Waals surface area contributed by atoms with Crippen LogP contribution in [-0.2, 0) is 17.6 Å². The van der Waals surface area contributed by atoms with Crippen LogP contribution in [0.25, 0.3) is 11.4 Å². The van der Waals surface area contributed by atoms with Gasteiger partial charge in [-0.3, -0.25) is 4.79 Å². The van der Waals surface area contributed by atoms with Gasteiger partial charge in [-0.25, -0.2) is 0 Å². The molecule has 0 fully saturated rings. The van der Waals surface area contributed by atoms with Crippen molar-refractivity contribution in [1.82, 2.24) is 10.1 Å². The molecule has 1 amide bonds. The summed E-state index contributed by atoms with van der Waals surface area (Å²) in [5.74, 6) is 1.68. The minimum absolute atomic E-state index is 0.0724. The number of hydrogen-bond acceptors (Lipinski definition) is 6. The minimum Gasteiger partial charge on any atom is -0.494 e. The molecule has 7 nitrogen and oxygen atoms in total. The van der Waals surface area contributed by atoms with E-state index in [0.29, 0.717) is 24.7 Å². The Hall–Kier alpha value is -3.35. The van der Waals surface area contributed by atoms with E-state index in [4.69, 9.17) is 9.26 Å². The van der Waals surface area contributed by atoms with Gasteiger partial charge in [-0.2, -0.15) is 4.98 Å². The van der Waals surface area contributed by atoms with Gasteiger partial charge in [0.1, 0.15) is 5.75 Å². The van der Waals surface area contributed by atoms with Crippen LogP contribution >= 0.6 is 0 Å². The van der Waals surface area contributed by atoms with Crippen LogP contribution in [0.2, 0.25) is 0 Å².